The summed E-state index contributed by atoms with van der Waals surface area (Å²) in [4.78, 5) is 25.6. The summed E-state index contributed by atoms with van der Waals surface area (Å²) in [5, 5.41) is 12.4. The van der Waals surface area contributed by atoms with Gasteiger partial charge in [0.2, 0.25) is 0 Å². The molecule has 1 saturated heterocycles. The molecule has 4 atom stereocenters. The van der Waals surface area contributed by atoms with Crippen LogP contribution in [-0.2, 0) is 11.2 Å². The maximum atomic E-state index is 12.6. The molecule has 4 rings (SSSR count). The van der Waals surface area contributed by atoms with Crippen LogP contribution < -0.4 is 14.8 Å². The zero-order chi connectivity index (χ0) is 20.1. The fourth-order valence-corrected chi connectivity index (χ4v) is 4.28. The van der Waals surface area contributed by atoms with Crippen molar-refractivity contribution in [3.8, 4) is 11.5 Å². The van der Waals surface area contributed by atoms with Crippen LogP contribution in [-0.4, -0.2) is 53.8 Å². The van der Waals surface area contributed by atoms with Crippen molar-refractivity contribution < 1.29 is 24.2 Å². The number of hydrogen-bond donors (Lipinski definition) is 2. The van der Waals surface area contributed by atoms with E-state index >= 15 is 0 Å². The van der Waals surface area contributed by atoms with E-state index in [4.69, 9.17) is 9.47 Å². The molecule has 2 amide bonds. The third-order valence-corrected chi connectivity index (χ3v) is 6.10. The second-order valence-corrected chi connectivity index (χ2v) is 8.50. The number of nitrogens with zero attached hydrogens (tertiary/aromatic N) is 1. The van der Waals surface area contributed by atoms with E-state index in [1.54, 1.807) is 11.8 Å². The number of fused-ring (bicyclic) bond motifs is 1. The van der Waals surface area contributed by atoms with Crippen molar-refractivity contribution in [1.29, 1.82) is 0 Å². The second kappa shape index (κ2) is 6.87. The molecular weight excluding hydrogens is 360 g/mol. The SMILES string of the molecule is CCOc1cc2c(cc1C1CC1NC(=O)N1CCC(C)(C(=O)O)C1)OC(C)C2. The highest BCUT2D eigenvalue weighted by Gasteiger charge is 2.46. The Morgan fingerprint density at radius 1 is 1.43 bits per heavy atom. The highest BCUT2D eigenvalue weighted by Crippen LogP contribution is 2.48. The highest BCUT2D eigenvalue weighted by molar-refractivity contribution is 5.80. The van der Waals surface area contributed by atoms with E-state index in [1.165, 1.54) is 5.56 Å². The molecular formula is C21H28N2O5. The van der Waals surface area contributed by atoms with Crippen LogP contribution in [0, 0.1) is 5.41 Å². The lowest BCUT2D eigenvalue weighted by Gasteiger charge is -2.20. The molecule has 2 heterocycles. The Kier molecular flexibility index (Phi) is 4.63. The number of hydrogen-bond acceptors (Lipinski definition) is 4. The van der Waals surface area contributed by atoms with Crippen molar-refractivity contribution >= 4 is 12.0 Å². The number of aliphatic carboxylic acids is 1. The number of carbonyl (C=O) groups excluding carboxylic acids is 1. The number of urea groups is 1. The van der Waals surface area contributed by atoms with E-state index in [-0.39, 0.29) is 30.6 Å². The maximum Gasteiger partial charge on any atom is 0.317 e. The quantitative estimate of drug-likeness (QED) is 0.810. The van der Waals surface area contributed by atoms with Gasteiger partial charge in [-0.2, -0.15) is 0 Å². The zero-order valence-corrected chi connectivity index (χ0v) is 16.7. The van der Waals surface area contributed by atoms with Gasteiger partial charge < -0.3 is 24.8 Å². The van der Waals surface area contributed by atoms with Crippen LogP contribution in [0.3, 0.4) is 0 Å². The number of rotatable bonds is 5. The van der Waals surface area contributed by atoms with Crippen molar-refractivity contribution in [1.82, 2.24) is 10.2 Å². The van der Waals surface area contributed by atoms with E-state index in [0.29, 0.717) is 19.6 Å². The highest BCUT2D eigenvalue weighted by atomic mass is 16.5. The lowest BCUT2D eigenvalue weighted by Crippen LogP contribution is -2.42. The summed E-state index contributed by atoms with van der Waals surface area (Å²) >= 11 is 0. The molecule has 0 spiro atoms. The average Bonchev–Trinajstić information content (AvgIpc) is 3.09. The smallest absolute Gasteiger partial charge is 0.317 e. The second-order valence-electron chi connectivity index (χ2n) is 8.50. The van der Waals surface area contributed by atoms with E-state index < -0.39 is 11.4 Å². The van der Waals surface area contributed by atoms with Crippen LogP contribution in [0.2, 0.25) is 0 Å². The predicted octanol–water partition coefficient (Wildman–Crippen LogP) is 2.77. The standard InChI is InChI=1S/C21H28N2O5/c1-4-27-18-8-13-7-12(2)28-17(13)10-15(18)14-9-16(14)22-20(26)23-6-5-21(3,11-23)19(24)25/h8,10,12,14,16H,4-7,9,11H2,1-3H3,(H,22,26)(H,24,25). The Labute approximate surface area is 165 Å². The molecule has 4 unspecified atom stereocenters. The Hall–Kier alpha value is -2.44. The fourth-order valence-electron chi connectivity index (χ4n) is 4.28. The Morgan fingerprint density at radius 2 is 2.21 bits per heavy atom. The molecule has 28 heavy (non-hydrogen) atoms. The van der Waals surface area contributed by atoms with Gasteiger partial charge in [0.05, 0.1) is 12.0 Å². The fraction of sp³-hybridized carbons (Fsp3) is 0.619. The lowest BCUT2D eigenvalue weighted by molar-refractivity contribution is -0.147. The summed E-state index contributed by atoms with van der Waals surface area (Å²) in [6.07, 6.45) is 2.40. The number of ether oxygens (including phenoxy) is 2. The first-order chi connectivity index (χ1) is 13.3. The monoisotopic (exact) mass is 388 g/mol. The van der Waals surface area contributed by atoms with Crippen molar-refractivity contribution in [3.05, 3.63) is 23.3 Å². The van der Waals surface area contributed by atoms with Crippen LogP contribution in [0.25, 0.3) is 0 Å². The van der Waals surface area contributed by atoms with Crippen molar-refractivity contribution in [3.63, 3.8) is 0 Å². The molecule has 1 aliphatic carbocycles. The third kappa shape index (κ3) is 3.38. The number of likely N-dealkylation sites (tertiary alicyclic amines) is 1. The topological polar surface area (TPSA) is 88.1 Å². The summed E-state index contributed by atoms with van der Waals surface area (Å²) in [5.41, 5.74) is 1.40. The molecule has 152 valence electrons. The molecule has 7 heteroatoms. The molecule has 0 bridgehead atoms. The van der Waals surface area contributed by atoms with Gasteiger partial charge in [-0.15, -0.1) is 0 Å². The van der Waals surface area contributed by atoms with Crippen LogP contribution in [0.15, 0.2) is 12.1 Å². The Balaban J connectivity index is 1.43. The van der Waals surface area contributed by atoms with E-state index in [9.17, 15) is 14.7 Å². The number of carboxylic acids is 1. The molecule has 0 aromatic heterocycles. The molecule has 2 fully saturated rings. The van der Waals surface area contributed by atoms with Crippen LogP contribution in [0.4, 0.5) is 4.79 Å². The average molecular weight is 388 g/mol. The van der Waals surface area contributed by atoms with Crippen LogP contribution in [0.5, 0.6) is 11.5 Å². The number of benzene rings is 1. The summed E-state index contributed by atoms with van der Waals surface area (Å²) in [6, 6.07) is 4.01. The summed E-state index contributed by atoms with van der Waals surface area (Å²) < 4.78 is 11.8. The van der Waals surface area contributed by atoms with Gasteiger partial charge in [0.25, 0.3) is 0 Å². The molecule has 3 aliphatic rings. The largest absolute Gasteiger partial charge is 0.494 e. The molecule has 2 aliphatic heterocycles. The normalized spacial score (nSPS) is 30.5. The van der Waals surface area contributed by atoms with Gasteiger partial charge in [0.15, 0.2) is 0 Å². The first-order valence-corrected chi connectivity index (χ1v) is 10.1. The maximum absolute atomic E-state index is 12.6. The van der Waals surface area contributed by atoms with Gasteiger partial charge in [-0.3, -0.25) is 4.79 Å². The summed E-state index contributed by atoms with van der Waals surface area (Å²) in [7, 11) is 0. The predicted molar refractivity (Wildman–Crippen MR) is 103 cm³/mol. The first kappa shape index (κ1) is 18.9. The van der Waals surface area contributed by atoms with Crippen LogP contribution >= 0.6 is 0 Å². The minimum atomic E-state index is -0.851. The first-order valence-electron chi connectivity index (χ1n) is 10.1. The zero-order valence-electron chi connectivity index (χ0n) is 16.7. The number of nitrogens with one attached hydrogen (secondary N) is 1. The number of carboxylic acid groups (broad SMARTS) is 1. The number of amides is 2. The van der Waals surface area contributed by atoms with Gasteiger partial charge in [-0.25, -0.2) is 4.79 Å². The van der Waals surface area contributed by atoms with Crippen molar-refractivity contribution in [2.75, 3.05) is 19.7 Å². The van der Waals surface area contributed by atoms with Crippen molar-refractivity contribution in [2.45, 2.75) is 58.1 Å². The van der Waals surface area contributed by atoms with Gasteiger partial charge >= 0.3 is 12.0 Å². The van der Waals surface area contributed by atoms with Crippen molar-refractivity contribution in [2.24, 2.45) is 5.41 Å². The van der Waals surface area contributed by atoms with E-state index in [0.717, 1.165) is 29.9 Å². The molecule has 1 aromatic rings. The number of carbonyl (C=O) groups is 2. The van der Waals surface area contributed by atoms with Crippen LogP contribution in [0.1, 0.15) is 50.7 Å². The summed E-state index contributed by atoms with van der Waals surface area (Å²) in [5.74, 6) is 1.14. The third-order valence-electron chi connectivity index (χ3n) is 6.10. The molecule has 1 saturated carbocycles. The Morgan fingerprint density at radius 3 is 2.89 bits per heavy atom. The Bertz CT molecular complexity index is 810. The molecule has 2 N–H and O–H groups in total. The van der Waals surface area contributed by atoms with E-state index in [2.05, 4.69) is 24.4 Å². The lowest BCUT2D eigenvalue weighted by atomic mass is 9.90. The minimum Gasteiger partial charge on any atom is -0.494 e. The van der Waals surface area contributed by atoms with Gasteiger partial charge in [-0.05, 0) is 45.7 Å². The van der Waals surface area contributed by atoms with Gasteiger partial charge in [0, 0.05) is 42.6 Å². The molecule has 1 aromatic carbocycles. The van der Waals surface area contributed by atoms with Gasteiger partial charge in [0.1, 0.15) is 17.6 Å². The molecule has 0 radical (unpaired) electrons. The van der Waals surface area contributed by atoms with Gasteiger partial charge in [-0.1, -0.05) is 0 Å². The summed E-state index contributed by atoms with van der Waals surface area (Å²) in [6.45, 7) is 7.03. The minimum absolute atomic E-state index is 0.0419. The molecule has 7 nitrogen and oxygen atoms in total. The van der Waals surface area contributed by atoms with E-state index in [1.807, 2.05) is 6.92 Å².